The summed E-state index contributed by atoms with van der Waals surface area (Å²) in [5.74, 6) is -3.64. The molecule has 0 aliphatic rings. The molecule has 0 amide bonds. The van der Waals surface area contributed by atoms with Gasteiger partial charge in [0.15, 0.2) is 23.9 Å². The molecule has 0 saturated carbocycles. The van der Waals surface area contributed by atoms with Gasteiger partial charge in [0, 0.05) is 6.07 Å². The van der Waals surface area contributed by atoms with E-state index >= 15 is 0 Å². The molecular formula is C16H8ClF7N4O3. The van der Waals surface area contributed by atoms with Gasteiger partial charge in [0.25, 0.3) is 0 Å². The van der Waals surface area contributed by atoms with Crippen molar-refractivity contribution in [2.24, 2.45) is 0 Å². The average molecular weight is 473 g/mol. The molecular weight excluding hydrogens is 465 g/mol. The monoisotopic (exact) mass is 472 g/mol. The molecule has 1 aromatic carbocycles. The number of carboxylic acid groups (broad SMARTS) is 1. The van der Waals surface area contributed by atoms with Crippen molar-refractivity contribution >= 4 is 17.6 Å². The molecule has 31 heavy (non-hydrogen) atoms. The van der Waals surface area contributed by atoms with Crippen LogP contribution in [0.15, 0.2) is 42.9 Å². The van der Waals surface area contributed by atoms with Gasteiger partial charge in [-0.2, -0.15) is 31.1 Å². The Labute approximate surface area is 172 Å². The fraction of sp³-hybridized carbons (Fsp3) is 0.125. The molecule has 0 spiro atoms. The van der Waals surface area contributed by atoms with Crippen LogP contribution in [0.1, 0.15) is 5.69 Å². The lowest BCUT2D eigenvalue weighted by Gasteiger charge is -2.11. The first kappa shape index (κ1) is 23.9. The molecule has 2 heterocycles. The van der Waals surface area contributed by atoms with Gasteiger partial charge >= 0.3 is 18.3 Å². The molecule has 7 nitrogen and oxygen atoms in total. The van der Waals surface area contributed by atoms with Gasteiger partial charge in [-0.1, -0.05) is 16.8 Å². The van der Waals surface area contributed by atoms with Crippen molar-refractivity contribution in [2.45, 2.75) is 12.4 Å². The number of pyridine rings is 1. The van der Waals surface area contributed by atoms with Gasteiger partial charge in [0.2, 0.25) is 0 Å². The van der Waals surface area contributed by atoms with E-state index in [0.717, 1.165) is 10.9 Å². The van der Waals surface area contributed by atoms with Crippen LogP contribution in [0.25, 0.3) is 16.8 Å². The van der Waals surface area contributed by atoms with E-state index < -0.39 is 29.8 Å². The Morgan fingerprint density at radius 3 is 2.26 bits per heavy atom. The Morgan fingerprint density at radius 2 is 1.77 bits per heavy atom. The zero-order chi connectivity index (χ0) is 23.6. The lowest BCUT2D eigenvalue weighted by atomic mass is 10.0. The Balaban J connectivity index is 0.000000423. The number of hydrogen-bond acceptors (Lipinski definition) is 4. The second-order valence-electron chi connectivity index (χ2n) is 5.56. The number of halogens is 8. The van der Waals surface area contributed by atoms with Gasteiger partial charge in [0.1, 0.15) is 0 Å². The molecule has 0 aliphatic carbocycles. The van der Waals surface area contributed by atoms with E-state index in [2.05, 4.69) is 10.3 Å². The summed E-state index contributed by atoms with van der Waals surface area (Å²) in [4.78, 5) is 8.90. The highest BCUT2D eigenvalue weighted by molar-refractivity contribution is 6.31. The predicted octanol–water partition coefficient (Wildman–Crippen LogP) is 4.01. The summed E-state index contributed by atoms with van der Waals surface area (Å²) in [6.45, 7) is 0. The normalized spacial score (nSPS) is 11.6. The van der Waals surface area contributed by atoms with Crippen molar-refractivity contribution in [3.05, 3.63) is 64.6 Å². The summed E-state index contributed by atoms with van der Waals surface area (Å²) in [6.07, 6.45) is -6.89. The second-order valence-corrected chi connectivity index (χ2v) is 5.96. The number of aliphatic carboxylic acids is 1. The number of carboxylic acids is 1. The van der Waals surface area contributed by atoms with E-state index in [0.29, 0.717) is 10.9 Å². The highest BCUT2D eigenvalue weighted by Gasteiger charge is 2.38. The van der Waals surface area contributed by atoms with Gasteiger partial charge < -0.3 is 10.3 Å². The van der Waals surface area contributed by atoms with Crippen LogP contribution in [0.5, 0.6) is 0 Å². The molecule has 3 aromatic rings. The first-order valence-electron chi connectivity index (χ1n) is 7.69. The lowest BCUT2D eigenvalue weighted by Crippen LogP contribution is -2.24. The third kappa shape index (κ3) is 5.81. The number of alkyl halides is 6. The Bertz CT molecular complexity index is 1100. The number of hydrogen-bond donors (Lipinski definition) is 1. The SMILES string of the molecule is O=C(O)C(F)(F)F.[O-][n+]1cccc(-c2c(-n3cc(C(F)(F)F)nn3)ccc(Cl)c2F)c1. The molecule has 0 atom stereocenters. The Kier molecular flexibility index (Phi) is 6.73. The maximum Gasteiger partial charge on any atom is 0.490 e. The quantitative estimate of drug-likeness (QED) is 0.345. The van der Waals surface area contributed by atoms with Crippen LogP contribution >= 0.6 is 11.6 Å². The third-order valence-electron chi connectivity index (χ3n) is 3.41. The number of aromatic nitrogens is 4. The van der Waals surface area contributed by atoms with Gasteiger partial charge in [-0.25, -0.2) is 13.9 Å². The topological polar surface area (TPSA) is 94.9 Å². The number of rotatable bonds is 2. The average Bonchev–Trinajstić information content (AvgIpc) is 3.14. The summed E-state index contributed by atoms with van der Waals surface area (Å²) < 4.78 is 85.5. The molecule has 0 fully saturated rings. The highest BCUT2D eigenvalue weighted by atomic mass is 35.5. The lowest BCUT2D eigenvalue weighted by molar-refractivity contribution is -0.604. The molecule has 2 aromatic heterocycles. The molecule has 0 bridgehead atoms. The summed E-state index contributed by atoms with van der Waals surface area (Å²) in [6, 6.07) is 5.26. The van der Waals surface area contributed by atoms with Crippen molar-refractivity contribution in [1.29, 1.82) is 0 Å². The number of nitrogens with zero attached hydrogens (tertiary/aromatic N) is 4. The summed E-state index contributed by atoms with van der Waals surface area (Å²) >= 11 is 5.76. The van der Waals surface area contributed by atoms with E-state index in [-0.39, 0.29) is 21.8 Å². The van der Waals surface area contributed by atoms with Gasteiger partial charge in [-0.15, -0.1) is 5.10 Å². The number of carbonyl (C=O) groups is 1. The zero-order valence-corrected chi connectivity index (χ0v) is 15.4. The molecule has 0 radical (unpaired) electrons. The minimum atomic E-state index is -5.08. The largest absolute Gasteiger partial charge is 0.619 e. The van der Waals surface area contributed by atoms with E-state index in [1.165, 1.54) is 30.5 Å². The van der Waals surface area contributed by atoms with Crippen LogP contribution in [-0.2, 0) is 11.0 Å². The van der Waals surface area contributed by atoms with Gasteiger partial charge in [0.05, 0.1) is 28.0 Å². The van der Waals surface area contributed by atoms with E-state index in [4.69, 9.17) is 21.5 Å². The fourth-order valence-corrected chi connectivity index (χ4v) is 2.28. The van der Waals surface area contributed by atoms with Gasteiger partial charge in [-0.3, -0.25) is 0 Å². The van der Waals surface area contributed by atoms with Crippen LogP contribution < -0.4 is 4.73 Å². The predicted molar refractivity (Wildman–Crippen MR) is 89.4 cm³/mol. The van der Waals surface area contributed by atoms with E-state index in [9.17, 15) is 35.9 Å². The molecule has 0 unspecified atom stereocenters. The smallest absolute Gasteiger partial charge is 0.490 e. The van der Waals surface area contributed by atoms with Crippen LogP contribution in [-0.4, -0.2) is 32.2 Å². The standard InChI is InChI=1S/C14H7ClF4N4O.C2HF3O2/c15-9-3-4-10(23-7-11(20-21-23)14(17,18)19)12(13(9)16)8-2-1-5-22(24)6-8;3-2(4,5)1(6)7/h1-7H;(H,6,7). The van der Waals surface area contributed by atoms with Crippen molar-refractivity contribution in [3.8, 4) is 16.8 Å². The fourth-order valence-electron chi connectivity index (χ4n) is 2.12. The van der Waals surface area contributed by atoms with Crippen molar-refractivity contribution < 1.29 is 45.4 Å². The van der Waals surface area contributed by atoms with Gasteiger partial charge in [-0.05, 0) is 18.2 Å². The summed E-state index contributed by atoms with van der Waals surface area (Å²) in [5, 5.41) is 24.7. The van der Waals surface area contributed by atoms with Crippen LogP contribution in [0.4, 0.5) is 30.7 Å². The molecule has 166 valence electrons. The minimum Gasteiger partial charge on any atom is -0.619 e. The molecule has 0 aliphatic heterocycles. The zero-order valence-electron chi connectivity index (χ0n) is 14.6. The molecule has 1 N–H and O–H groups in total. The third-order valence-corrected chi connectivity index (χ3v) is 3.70. The minimum absolute atomic E-state index is 0.0360. The molecule has 0 saturated heterocycles. The van der Waals surface area contributed by atoms with Crippen LogP contribution in [0.2, 0.25) is 5.02 Å². The molecule has 3 rings (SSSR count). The van der Waals surface area contributed by atoms with Crippen molar-refractivity contribution in [3.63, 3.8) is 0 Å². The van der Waals surface area contributed by atoms with Crippen molar-refractivity contribution in [1.82, 2.24) is 15.0 Å². The van der Waals surface area contributed by atoms with E-state index in [1.54, 1.807) is 0 Å². The summed E-state index contributed by atoms with van der Waals surface area (Å²) in [5.41, 5.74) is -1.29. The maximum absolute atomic E-state index is 14.5. The highest BCUT2D eigenvalue weighted by Crippen LogP contribution is 2.34. The molecule has 15 heteroatoms. The Hall–Kier alpha value is -3.42. The van der Waals surface area contributed by atoms with E-state index in [1.807, 2.05) is 0 Å². The summed E-state index contributed by atoms with van der Waals surface area (Å²) in [7, 11) is 0. The number of benzene rings is 1. The first-order valence-corrected chi connectivity index (χ1v) is 8.07. The Morgan fingerprint density at radius 1 is 1.16 bits per heavy atom. The maximum atomic E-state index is 14.5. The second kappa shape index (κ2) is 8.75. The first-order chi connectivity index (χ1) is 14.2. The van der Waals surface area contributed by atoms with Crippen LogP contribution in [0.3, 0.4) is 0 Å². The van der Waals surface area contributed by atoms with Crippen molar-refractivity contribution in [2.75, 3.05) is 0 Å². The van der Waals surface area contributed by atoms with Crippen LogP contribution in [0, 0.1) is 11.0 Å².